The minimum absolute atomic E-state index is 0.0185. The highest BCUT2D eigenvalue weighted by molar-refractivity contribution is 7.08. The Bertz CT molecular complexity index is 928. The van der Waals surface area contributed by atoms with Gasteiger partial charge >= 0.3 is 0 Å². The summed E-state index contributed by atoms with van der Waals surface area (Å²) in [4.78, 5) is 15.1. The van der Waals surface area contributed by atoms with E-state index < -0.39 is 0 Å². The normalized spacial score (nSPS) is 17.2. The second kappa shape index (κ2) is 6.68. The SMILES string of the molecule is CCc1nn(C)c(C(=O)N2CCCC2c2nnc(-c3ccsc3)o2)c1C. The maximum absolute atomic E-state index is 13.2. The minimum atomic E-state index is -0.179. The molecule has 0 radical (unpaired) electrons. The van der Waals surface area contributed by atoms with Crippen molar-refractivity contribution in [1.29, 1.82) is 0 Å². The molecule has 8 heteroatoms. The molecule has 26 heavy (non-hydrogen) atoms. The van der Waals surface area contributed by atoms with Crippen molar-refractivity contribution in [2.24, 2.45) is 7.05 Å². The standard InChI is InChI=1S/C18H21N5O2S/c1-4-13-11(2)15(22(3)21-13)18(24)23-8-5-6-14(23)17-20-19-16(25-17)12-7-9-26-10-12/h7,9-10,14H,4-6,8H2,1-3H3. The molecule has 0 aromatic carbocycles. The monoisotopic (exact) mass is 371 g/mol. The second-order valence-corrected chi connectivity index (χ2v) is 7.29. The summed E-state index contributed by atoms with van der Waals surface area (Å²) in [5, 5.41) is 16.8. The summed E-state index contributed by atoms with van der Waals surface area (Å²) in [6, 6.07) is 1.77. The van der Waals surface area contributed by atoms with Gasteiger partial charge in [0.15, 0.2) is 0 Å². The van der Waals surface area contributed by atoms with Crippen molar-refractivity contribution >= 4 is 17.2 Å². The van der Waals surface area contributed by atoms with Gasteiger partial charge in [0.2, 0.25) is 11.8 Å². The molecule has 0 N–H and O–H groups in total. The number of carbonyl (C=O) groups excluding carboxylic acids is 1. The van der Waals surface area contributed by atoms with E-state index >= 15 is 0 Å². The van der Waals surface area contributed by atoms with Gasteiger partial charge in [-0.15, -0.1) is 10.2 Å². The van der Waals surface area contributed by atoms with E-state index in [9.17, 15) is 4.79 Å². The van der Waals surface area contributed by atoms with Crippen molar-refractivity contribution in [3.8, 4) is 11.5 Å². The average Bonchev–Trinajstić information content (AvgIpc) is 3.40. The van der Waals surface area contributed by atoms with Crippen LogP contribution < -0.4 is 0 Å². The minimum Gasteiger partial charge on any atom is -0.418 e. The molecule has 0 bridgehead atoms. The van der Waals surface area contributed by atoms with E-state index in [1.54, 1.807) is 16.0 Å². The average molecular weight is 371 g/mol. The van der Waals surface area contributed by atoms with E-state index in [1.165, 1.54) is 0 Å². The first-order valence-electron chi connectivity index (χ1n) is 8.79. The van der Waals surface area contributed by atoms with Crippen LogP contribution in [-0.2, 0) is 13.5 Å². The van der Waals surface area contributed by atoms with Crippen LogP contribution in [0.2, 0.25) is 0 Å². The molecular formula is C18H21N5O2S. The zero-order chi connectivity index (χ0) is 18.3. The molecule has 4 heterocycles. The van der Waals surface area contributed by atoms with Crippen molar-refractivity contribution in [2.75, 3.05) is 6.54 Å². The van der Waals surface area contributed by atoms with Crippen LogP contribution in [-0.4, -0.2) is 37.3 Å². The summed E-state index contributed by atoms with van der Waals surface area (Å²) in [5.41, 5.74) is 3.48. The van der Waals surface area contributed by atoms with Crippen LogP contribution in [0.25, 0.3) is 11.5 Å². The molecule has 0 saturated carbocycles. The van der Waals surface area contributed by atoms with E-state index in [-0.39, 0.29) is 11.9 Å². The lowest BCUT2D eigenvalue weighted by Gasteiger charge is -2.22. The van der Waals surface area contributed by atoms with Crippen molar-refractivity contribution < 1.29 is 9.21 Å². The van der Waals surface area contributed by atoms with Gasteiger partial charge in [0, 0.05) is 30.1 Å². The molecule has 0 aliphatic carbocycles. The van der Waals surface area contributed by atoms with Gasteiger partial charge in [0.25, 0.3) is 5.91 Å². The maximum atomic E-state index is 13.2. The Balaban J connectivity index is 1.63. The fourth-order valence-electron chi connectivity index (χ4n) is 3.59. The van der Waals surface area contributed by atoms with Crippen LogP contribution in [0.3, 0.4) is 0 Å². The van der Waals surface area contributed by atoms with Crippen LogP contribution >= 0.6 is 11.3 Å². The van der Waals surface area contributed by atoms with Crippen molar-refractivity contribution in [3.63, 3.8) is 0 Å². The number of thiophene rings is 1. The molecule has 3 aromatic heterocycles. The molecule has 1 aliphatic rings. The highest BCUT2D eigenvalue weighted by atomic mass is 32.1. The van der Waals surface area contributed by atoms with Gasteiger partial charge in [-0.1, -0.05) is 6.92 Å². The predicted molar refractivity (Wildman–Crippen MR) is 97.9 cm³/mol. The Morgan fingerprint density at radius 2 is 2.27 bits per heavy atom. The zero-order valence-corrected chi connectivity index (χ0v) is 15.9. The molecule has 4 rings (SSSR count). The van der Waals surface area contributed by atoms with Crippen LogP contribution in [0.15, 0.2) is 21.2 Å². The second-order valence-electron chi connectivity index (χ2n) is 6.51. The van der Waals surface area contributed by atoms with E-state index in [2.05, 4.69) is 15.3 Å². The number of carbonyl (C=O) groups is 1. The fourth-order valence-corrected chi connectivity index (χ4v) is 4.22. The predicted octanol–water partition coefficient (Wildman–Crippen LogP) is 3.38. The molecule has 7 nitrogen and oxygen atoms in total. The van der Waals surface area contributed by atoms with E-state index in [0.717, 1.165) is 36.1 Å². The third-order valence-electron chi connectivity index (χ3n) is 4.93. The quantitative estimate of drug-likeness (QED) is 0.703. The topological polar surface area (TPSA) is 77.1 Å². The molecule has 1 atom stereocenters. The number of amides is 1. The number of nitrogens with zero attached hydrogens (tertiary/aromatic N) is 5. The van der Waals surface area contributed by atoms with Gasteiger partial charge in [-0.25, -0.2) is 0 Å². The number of aryl methyl sites for hydroxylation is 2. The molecule has 136 valence electrons. The number of aromatic nitrogens is 4. The summed E-state index contributed by atoms with van der Waals surface area (Å²) in [5.74, 6) is 0.994. The highest BCUT2D eigenvalue weighted by Crippen LogP contribution is 2.34. The molecule has 1 amide bonds. The third kappa shape index (κ3) is 2.74. The largest absolute Gasteiger partial charge is 0.418 e. The Labute approximate surface area is 155 Å². The Kier molecular flexibility index (Phi) is 4.36. The first kappa shape index (κ1) is 17.0. The van der Waals surface area contributed by atoms with E-state index in [1.807, 2.05) is 42.6 Å². The highest BCUT2D eigenvalue weighted by Gasteiger charge is 2.36. The van der Waals surface area contributed by atoms with Crippen molar-refractivity contribution in [3.05, 3.63) is 39.7 Å². The third-order valence-corrected chi connectivity index (χ3v) is 5.61. The van der Waals surface area contributed by atoms with Gasteiger partial charge < -0.3 is 9.32 Å². The Morgan fingerprint density at radius 1 is 1.42 bits per heavy atom. The number of likely N-dealkylation sites (tertiary alicyclic amines) is 1. The maximum Gasteiger partial charge on any atom is 0.273 e. The van der Waals surface area contributed by atoms with Crippen LogP contribution in [0.1, 0.15) is 53.4 Å². The van der Waals surface area contributed by atoms with Crippen molar-refractivity contribution in [2.45, 2.75) is 39.2 Å². The lowest BCUT2D eigenvalue weighted by Crippen LogP contribution is -2.32. The number of rotatable bonds is 4. The van der Waals surface area contributed by atoms with Crippen LogP contribution in [0, 0.1) is 6.92 Å². The first-order chi connectivity index (χ1) is 12.6. The molecule has 1 saturated heterocycles. The summed E-state index contributed by atoms with van der Waals surface area (Å²) in [6.45, 7) is 4.70. The lowest BCUT2D eigenvalue weighted by molar-refractivity contribution is 0.0704. The summed E-state index contributed by atoms with van der Waals surface area (Å²) >= 11 is 1.58. The summed E-state index contributed by atoms with van der Waals surface area (Å²) in [7, 11) is 1.83. The smallest absolute Gasteiger partial charge is 0.273 e. The molecule has 1 aliphatic heterocycles. The Morgan fingerprint density at radius 3 is 2.96 bits per heavy atom. The van der Waals surface area contributed by atoms with Gasteiger partial charge in [-0.3, -0.25) is 9.48 Å². The van der Waals surface area contributed by atoms with Crippen LogP contribution in [0.5, 0.6) is 0 Å². The van der Waals surface area contributed by atoms with E-state index in [0.29, 0.717) is 24.0 Å². The fraction of sp³-hybridized carbons (Fsp3) is 0.444. The molecular weight excluding hydrogens is 350 g/mol. The molecule has 1 fully saturated rings. The summed E-state index contributed by atoms with van der Waals surface area (Å²) in [6.07, 6.45) is 2.56. The van der Waals surface area contributed by atoms with Gasteiger partial charge in [0.1, 0.15) is 11.7 Å². The zero-order valence-electron chi connectivity index (χ0n) is 15.1. The van der Waals surface area contributed by atoms with Crippen LogP contribution in [0.4, 0.5) is 0 Å². The van der Waals surface area contributed by atoms with Crippen molar-refractivity contribution in [1.82, 2.24) is 24.9 Å². The van der Waals surface area contributed by atoms with Gasteiger partial charge in [-0.2, -0.15) is 16.4 Å². The number of hydrogen-bond donors (Lipinski definition) is 0. The molecule has 3 aromatic rings. The first-order valence-corrected chi connectivity index (χ1v) is 9.73. The number of hydrogen-bond acceptors (Lipinski definition) is 6. The Hall–Kier alpha value is -2.48. The molecule has 1 unspecified atom stereocenters. The molecule has 0 spiro atoms. The lowest BCUT2D eigenvalue weighted by atomic mass is 10.1. The van der Waals surface area contributed by atoms with E-state index in [4.69, 9.17) is 4.42 Å². The van der Waals surface area contributed by atoms with Gasteiger partial charge in [0.05, 0.1) is 5.69 Å². The van der Waals surface area contributed by atoms with Gasteiger partial charge in [-0.05, 0) is 37.6 Å². The summed E-state index contributed by atoms with van der Waals surface area (Å²) < 4.78 is 7.57.